The Hall–Kier alpha value is -2.87. The molecule has 1 atom stereocenters. The molecule has 37 heavy (non-hydrogen) atoms. The Morgan fingerprint density at radius 3 is 2.46 bits per heavy atom. The van der Waals surface area contributed by atoms with Crippen molar-refractivity contribution in [3.8, 4) is 17.2 Å². The van der Waals surface area contributed by atoms with Crippen molar-refractivity contribution in [2.45, 2.75) is 71.8 Å². The molecule has 0 radical (unpaired) electrons. The van der Waals surface area contributed by atoms with Gasteiger partial charge in [-0.1, -0.05) is 51.7 Å². The topological polar surface area (TPSA) is 73.7 Å². The molecule has 0 aliphatic rings. The minimum absolute atomic E-state index is 0.0853. The van der Waals surface area contributed by atoms with Gasteiger partial charge in [0.25, 0.3) is 5.56 Å². The lowest BCUT2D eigenvalue weighted by atomic mass is 10.1. The Morgan fingerprint density at radius 2 is 1.78 bits per heavy atom. The SMILES string of the molecule is CCCCCCCC(=O)N(CCC)C(C)c1nc2ccccc2c(=O)n1-c1cc(OC)cc(OC)c1Br. The van der Waals surface area contributed by atoms with Crippen LogP contribution in [0.3, 0.4) is 0 Å². The van der Waals surface area contributed by atoms with E-state index in [1.54, 1.807) is 37.0 Å². The van der Waals surface area contributed by atoms with Crippen LogP contribution >= 0.6 is 15.9 Å². The minimum Gasteiger partial charge on any atom is -0.497 e. The molecule has 0 aliphatic heterocycles. The van der Waals surface area contributed by atoms with Gasteiger partial charge in [-0.05, 0) is 47.8 Å². The van der Waals surface area contributed by atoms with Gasteiger partial charge in [0.15, 0.2) is 0 Å². The number of para-hydroxylation sites is 1. The van der Waals surface area contributed by atoms with Gasteiger partial charge < -0.3 is 14.4 Å². The van der Waals surface area contributed by atoms with Gasteiger partial charge in [0.05, 0.1) is 41.3 Å². The highest BCUT2D eigenvalue weighted by Crippen LogP contribution is 2.37. The van der Waals surface area contributed by atoms with Crippen LogP contribution < -0.4 is 15.0 Å². The lowest BCUT2D eigenvalue weighted by Gasteiger charge is -2.31. The molecule has 1 unspecified atom stereocenters. The van der Waals surface area contributed by atoms with Gasteiger partial charge in [0.2, 0.25) is 5.91 Å². The molecule has 2 aromatic carbocycles. The minimum atomic E-state index is -0.426. The molecule has 0 saturated heterocycles. The maximum absolute atomic E-state index is 13.9. The Labute approximate surface area is 227 Å². The van der Waals surface area contributed by atoms with E-state index in [4.69, 9.17) is 14.5 Å². The lowest BCUT2D eigenvalue weighted by molar-refractivity contribution is -0.133. The largest absolute Gasteiger partial charge is 0.497 e. The number of methoxy groups -OCH3 is 2. The number of benzene rings is 2. The third kappa shape index (κ3) is 6.53. The summed E-state index contributed by atoms with van der Waals surface area (Å²) >= 11 is 3.63. The fourth-order valence-electron chi connectivity index (χ4n) is 4.59. The van der Waals surface area contributed by atoms with E-state index in [1.165, 1.54) is 12.8 Å². The number of fused-ring (bicyclic) bond motifs is 1. The van der Waals surface area contributed by atoms with Gasteiger partial charge >= 0.3 is 0 Å². The Morgan fingerprint density at radius 1 is 1.05 bits per heavy atom. The molecule has 0 saturated carbocycles. The van der Waals surface area contributed by atoms with Crippen molar-refractivity contribution in [1.29, 1.82) is 0 Å². The quantitative estimate of drug-likeness (QED) is 0.210. The molecule has 1 amide bonds. The van der Waals surface area contributed by atoms with Crippen LogP contribution in [-0.4, -0.2) is 41.1 Å². The van der Waals surface area contributed by atoms with Gasteiger partial charge in [0, 0.05) is 25.1 Å². The molecule has 0 N–H and O–H groups in total. The first-order valence-electron chi connectivity index (χ1n) is 13.1. The first kappa shape index (κ1) is 28.7. The molecule has 0 aliphatic carbocycles. The summed E-state index contributed by atoms with van der Waals surface area (Å²) in [5, 5.41) is 0.497. The second-order valence-corrected chi connectivity index (χ2v) is 10.0. The molecule has 200 valence electrons. The molecule has 1 heterocycles. The van der Waals surface area contributed by atoms with Crippen molar-refractivity contribution in [2.24, 2.45) is 0 Å². The number of amides is 1. The second-order valence-electron chi connectivity index (χ2n) is 9.22. The van der Waals surface area contributed by atoms with E-state index in [0.29, 0.717) is 51.4 Å². The number of halogens is 1. The predicted octanol–water partition coefficient (Wildman–Crippen LogP) is 6.83. The number of ether oxygens (including phenoxy) is 2. The van der Waals surface area contributed by atoms with Crippen molar-refractivity contribution in [3.63, 3.8) is 0 Å². The van der Waals surface area contributed by atoms with Gasteiger partial charge in [-0.15, -0.1) is 0 Å². The molecular formula is C29H38BrN3O4. The number of unbranched alkanes of at least 4 members (excludes halogenated alkanes) is 4. The van der Waals surface area contributed by atoms with Crippen LogP contribution in [0, 0.1) is 0 Å². The molecule has 3 aromatic rings. The fraction of sp³-hybridized carbons (Fsp3) is 0.483. The average molecular weight is 573 g/mol. The number of hydrogen-bond acceptors (Lipinski definition) is 5. The zero-order valence-electron chi connectivity index (χ0n) is 22.6. The van der Waals surface area contributed by atoms with Crippen LogP contribution in [0.1, 0.15) is 77.6 Å². The molecule has 0 fully saturated rings. The van der Waals surface area contributed by atoms with Crippen molar-refractivity contribution < 1.29 is 14.3 Å². The highest BCUT2D eigenvalue weighted by atomic mass is 79.9. The zero-order valence-corrected chi connectivity index (χ0v) is 24.1. The van der Waals surface area contributed by atoms with E-state index < -0.39 is 6.04 Å². The molecule has 7 nitrogen and oxygen atoms in total. The summed E-state index contributed by atoms with van der Waals surface area (Å²) in [6, 6.07) is 10.4. The summed E-state index contributed by atoms with van der Waals surface area (Å²) in [6.45, 7) is 6.77. The molecule has 0 spiro atoms. The van der Waals surface area contributed by atoms with Crippen LogP contribution in [0.15, 0.2) is 45.7 Å². The van der Waals surface area contributed by atoms with Crippen LogP contribution in [0.5, 0.6) is 11.5 Å². The van der Waals surface area contributed by atoms with Gasteiger partial charge in [-0.3, -0.25) is 14.2 Å². The van der Waals surface area contributed by atoms with Crippen LogP contribution in [-0.2, 0) is 4.79 Å². The molecule has 8 heteroatoms. The van der Waals surface area contributed by atoms with E-state index in [1.807, 2.05) is 30.0 Å². The standard InChI is InChI=1S/C29H38BrN3O4/c1-6-8-9-10-11-16-26(34)32(17-7-2)20(3)28-31-23-15-13-12-14-22(23)29(35)33(28)24-18-21(36-4)19-25(37-5)27(24)30/h12-15,18-20H,6-11,16-17H2,1-5H3. The highest BCUT2D eigenvalue weighted by Gasteiger charge is 2.27. The number of aromatic nitrogens is 2. The lowest BCUT2D eigenvalue weighted by Crippen LogP contribution is -2.38. The van der Waals surface area contributed by atoms with Crippen molar-refractivity contribution >= 4 is 32.7 Å². The highest BCUT2D eigenvalue weighted by molar-refractivity contribution is 9.10. The van der Waals surface area contributed by atoms with Gasteiger partial charge in [-0.25, -0.2) is 4.98 Å². The Kier molecular flexibility index (Phi) is 10.6. The molecule has 1 aromatic heterocycles. The first-order chi connectivity index (χ1) is 17.9. The van der Waals surface area contributed by atoms with Crippen LogP contribution in [0.2, 0.25) is 0 Å². The monoisotopic (exact) mass is 571 g/mol. The van der Waals surface area contributed by atoms with Crippen molar-refractivity contribution in [3.05, 3.63) is 57.0 Å². The zero-order chi connectivity index (χ0) is 26.9. The normalized spacial score (nSPS) is 11.9. The van der Waals surface area contributed by atoms with Crippen LogP contribution in [0.4, 0.5) is 0 Å². The first-order valence-corrected chi connectivity index (χ1v) is 13.9. The number of nitrogens with zero attached hydrogens (tertiary/aromatic N) is 3. The summed E-state index contributed by atoms with van der Waals surface area (Å²) < 4.78 is 13.2. The molecule has 3 rings (SSSR count). The third-order valence-electron chi connectivity index (χ3n) is 6.61. The van der Waals surface area contributed by atoms with E-state index >= 15 is 0 Å². The van der Waals surface area contributed by atoms with Crippen LogP contribution in [0.25, 0.3) is 16.6 Å². The van der Waals surface area contributed by atoms with Gasteiger partial charge in [0.1, 0.15) is 17.3 Å². The summed E-state index contributed by atoms with van der Waals surface area (Å²) in [5.74, 6) is 1.65. The second kappa shape index (κ2) is 13.6. The maximum Gasteiger partial charge on any atom is 0.266 e. The average Bonchev–Trinajstić information content (AvgIpc) is 2.91. The number of rotatable bonds is 13. The van der Waals surface area contributed by atoms with Crippen molar-refractivity contribution in [1.82, 2.24) is 14.5 Å². The molecule has 0 bridgehead atoms. The third-order valence-corrected chi connectivity index (χ3v) is 7.41. The van der Waals surface area contributed by atoms with E-state index in [-0.39, 0.29) is 11.5 Å². The van der Waals surface area contributed by atoms with Gasteiger partial charge in [-0.2, -0.15) is 0 Å². The molecular weight excluding hydrogens is 534 g/mol. The smallest absolute Gasteiger partial charge is 0.266 e. The Bertz CT molecular complexity index is 1270. The summed E-state index contributed by atoms with van der Waals surface area (Å²) in [5.41, 5.74) is 0.928. The van der Waals surface area contributed by atoms with Crippen molar-refractivity contribution in [2.75, 3.05) is 20.8 Å². The summed E-state index contributed by atoms with van der Waals surface area (Å²) in [6.07, 6.45) is 6.71. The van der Waals surface area contributed by atoms with E-state index in [0.717, 1.165) is 25.7 Å². The predicted molar refractivity (Wildman–Crippen MR) is 152 cm³/mol. The summed E-state index contributed by atoms with van der Waals surface area (Å²) in [7, 11) is 3.13. The number of hydrogen-bond donors (Lipinski definition) is 0. The fourth-order valence-corrected chi connectivity index (χ4v) is 5.16. The number of carbonyl (C=O) groups excluding carboxylic acids is 1. The Balaban J connectivity index is 2.16. The maximum atomic E-state index is 13.9. The van der Waals surface area contributed by atoms with E-state index in [9.17, 15) is 9.59 Å². The summed E-state index contributed by atoms with van der Waals surface area (Å²) in [4.78, 5) is 34.1. The van der Waals surface area contributed by atoms with E-state index in [2.05, 4.69) is 29.8 Å². The number of carbonyl (C=O) groups is 1.